The van der Waals surface area contributed by atoms with Crippen molar-refractivity contribution in [1.82, 2.24) is 4.90 Å². The molecule has 1 atom stereocenters. The number of carbonyl (C=O) groups is 1. The van der Waals surface area contributed by atoms with Gasteiger partial charge in [-0.2, -0.15) is 13.2 Å². The second kappa shape index (κ2) is 10.4. The van der Waals surface area contributed by atoms with Crippen molar-refractivity contribution in [3.05, 3.63) is 81.5 Å². The molecule has 0 saturated carbocycles. The van der Waals surface area contributed by atoms with Crippen molar-refractivity contribution in [3.8, 4) is 11.5 Å². The van der Waals surface area contributed by atoms with Gasteiger partial charge in [0.1, 0.15) is 0 Å². The van der Waals surface area contributed by atoms with Crippen molar-refractivity contribution < 1.29 is 32.3 Å². The number of alkyl halides is 3. The Kier molecular flexibility index (Phi) is 7.30. The highest BCUT2D eigenvalue weighted by Gasteiger charge is 2.31. The highest BCUT2D eigenvalue weighted by atomic mass is 32.1. The van der Waals surface area contributed by atoms with E-state index >= 15 is 0 Å². The second-order valence-corrected chi connectivity index (χ2v) is 8.84. The third-order valence-corrected chi connectivity index (χ3v) is 6.41. The molecule has 10 heteroatoms. The van der Waals surface area contributed by atoms with Gasteiger partial charge in [-0.15, -0.1) is 11.3 Å². The predicted molar refractivity (Wildman–Crippen MR) is 126 cm³/mol. The summed E-state index contributed by atoms with van der Waals surface area (Å²) in [4.78, 5) is 20.9. The van der Waals surface area contributed by atoms with E-state index in [0.29, 0.717) is 34.1 Å². The van der Waals surface area contributed by atoms with E-state index in [0.717, 1.165) is 17.7 Å². The molecule has 2 heterocycles. The number of benzene rings is 2. The number of amides is 1. The summed E-state index contributed by atoms with van der Waals surface area (Å²) in [5.41, 5.74) is 1.37. The molecule has 0 N–H and O–H groups in total. The summed E-state index contributed by atoms with van der Waals surface area (Å²) in [6, 6.07) is 13.7. The molecule has 184 valence electrons. The number of hydrogen-bond acceptors (Lipinski definition) is 6. The molecule has 0 fully saturated rings. The van der Waals surface area contributed by atoms with Gasteiger partial charge in [0.25, 0.3) is 5.91 Å². The van der Waals surface area contributed by atoms with Gasteiger partial charge in [-0.25, -0.2) is 0 Å². The molecule has 4 rings (SSSR count). The quantitative estimate of drug-likeness (QED) is 0.400. The van der Waals surface area contributed by atoms with Crippen LogP contribution in [0.3, 0.4) is 0 Å². The smallest absolute Gasteiger partial charge is 0.416 e. The molecular weight excluding hydrogens is 481 g/mol. The Hall–Kier alpha value is -3.53. The summed E-state index contributed by atoms with van der Waals surface area (Å²) < 4.78 is 49.4. The molecule has 6 nitrogen and oxygen atoms in total. The van der Waals surface area contributed by atoms with Gasteiger partial charge >= 0.3 is 6.18 Å². The molecule has 0 unspecified atom stereocenters. The average Bonchev–Trinajstić information content (AvgIpc) is 3.55. The first-order chi connectivity index (χ1) is 16.8. The largest absolute Gasteiger partial charge is 0.493 e. The Morgan fingerprint density at radius 2 is 1.86 bits per heavy atom. The third kappa shape index (κ3) is 5.76. The van der Waals surface area contributed by atoms with E-state index in [-0.39, 0.29) is 19.0 Å². The van der Waals surface area contributed by atoms with Crippen molar-refractivity contribution in [2.24, 2.45) is 5.16 Å². The minimum absolute atomic E-state index is 0.139. The van der Waals surface area contributed by atoms with Gasteiger partial charge < -0.3 is 19.2 Å². The molecular formula is C25H23F3N2O4S. The van der Waals surface area contributed by atoms with Gasteiger partial charge in [0, 0.05) is 18.5 Å². The first-order valence-corrected chi connectivity index (χ1v) is 11.6. The van der Waals surface area contributed by atoms with E-state index in [1.54, 1.807) is 48.8 Å². The SMILES string of the molecule is COc1ccc(C2=NO[C@@H](CN(Cc3ccc(C(F)(F)F)cc3)C(=O)c3cccs3)C2)cc1OC. The summed E-state index contributed by atoms with van der Waals surface area (Å²) in [6.45, 7) is 0.360. The first-order valence-electron chi connectivity index (χ1n) is 10.7. The first kappa shape index (κ1) is 24.6. The van der Waals surface area contributed by atoms with Crippen LogP contribution in [-0.4, -0.2) is 43.4 Å². The number of rotatable bonds is 8. The second-order valence-electron chi connectivity index (χ2n) is 7.90. The number of thiophene rings is 1. The van der Waals surface area contributed by atoms with Gasteiger partial charge in [-0.1, -0.05) is 23.4 Å². The maximum atomic E-state index is 13.2. The zero-order valence-electron chi connectivity index (χ0n) is 19.0. The van der Waals surface area contributed by atoms with Crippen molar-refractivity contribution in [2.45, 2.75) is 25.2 Å². The molecule has 1 aliphatic heterocycles. The average molecular weight is 505 g/mol. The van der Waals surface area contributed by atoms with Crippen LogP contribution in [0, 0.1) is 0 Å². The van der Waals surface area contributed by atoms with Crippen LogP contribution in [0.4, 0.5) is 13.2 Å². The standard InChI is InChI=1S/C25H23F3N2O4S/c1-32-21-10-7-17(12-22(21)33-2)20-13-19(34-29-20)15-30(24(31)23-4-3-11-35-23)14-16-5-8-18(9-6-16)25(26,27)28/h3-12,19H,13-15H2,1-2H3/t19-/m1/s1. The molecule has 0 saturated heterocycles. The fraction of sp³-hybridized carbons (Fsp3) is 0.280. The lowest BCUT2D eigenvalue weighted by atomic mass is 10.0. The van der Waals surface area contributed by atoms with Crippen molar-refractivity contribution >= 4 is 23.0 Å². The summed E-state index contributed by atoms with van der Waals surface area (Å²) >= 11 is 1.30. The van der Waals surface area contributed by atoms with Crippen LogP contribution in [0.5, 0.6) is 11.5 Å². The summed E-state index contributed by atoms with van der Waals surface area (Å²) in [7, 11) is 3.10. The lowest BCUT2D eigenvalue weighted by molar-refractivity contribution is -0.137. The highest BCUT2D eigenvalue weighted by Crippen LogP contribution is 2.31. The van der Waals surface area contributed by atoms with Crippen molar-refractivity contribution in [1.29, 1.82) is 0 Å². The molecule has 0 radical (unpaired) electrons. The monoisotopic (exact) mass is 504 g/mol. The van der Waals surface area contributed by atoms with E-state index in [4.69, 9.17) is 14.3 Å². The molecule has 1 amide bonds. The molecule has 0 aliphatic carbocycles. The van der Waals surface area contributed by atoms with Crippen LogP contribution < -0.4 is 9.47 Å². The van der Waals surface area contributed by atoms with Gasteiger partial charge in [0.15, 0.2) is 17.6 Å². The predicted octanol–water partition coefficient (Wildman–Crippen LogP) is 5.62. The Morgan fingerprint density at radius 1 is 1.11 bits per heavy atom. The number of nitrogens with zero attached hydrogens (tertiary/aromatic N) is 2. The Balaban J connectivity index is 1.49. The Bertz CT molecular complexity index is 1190. The van der Waals surface area contributed by atoms with E-state index in [1.807, 2.05) is 6.07 Å². The molecule has 0 spiro atoms. The van der Waals surface area contributed by atoms with Crippen LogP contribution in [0.2, 0.25) is 0 Å². The van der Waals surface area contributed by atoms with Crippen molar-refractivity contribution in [3.63, 3.8) is 0 Å². The molecule has 1 aromatic heterocycles. The fourth-order valence-electron chi connectivity index (χ4n) is 3.75. The minimum atomic E-state index is -4.42. The van der Waals surface area contributed by atoms with Crippen LogP contribution in [0.1, 0.15) is 32.8 Å². The Morgan fingerprint density at radius 3 is 2.49 bits per heavy atom. The Labute approximate surface area is 204 Å². The maximum absolute atomic E-state index is 13.2. The summed E-state index contributed by atoms with van der Waals surface area (Å²) in [5.74, 6) is 0.938. The van der Waals surface area contributed by atoms with E-state index in [2.05, 4.69) is 5.16 Å². The highest BCUT2D eigenvalue weighted by molar-refractivity contribution is 7.12. The lowest BCUT2D eigenvalue weighted by Crippen LogP contribution is -2.37. The number of oxime groups is 1. The minimum Gasteiger partial charge on any atom is -0.493 e. The topological polar surface area (TPSA) is 60.4 Å². The van der Waals surface area contributed by atoms with Crippen molar-refractivity contribution in [2.75, 3.05) is 20.8 Å². The normalized spacial score (nSPS) is 15.3. The number of ether oxygens (including phenoxy) is 2. The number of carbonyl (C=O) groups excluding carboxylic acids is 1. The van der Waals surface area contributed by atoms with E-state index in [9.17, 15) is 18.0 Å². The van der Waals surface area contributed by atoms with Gasteiger partial charge in [-0.3, -0.25) is 4.79 Å². The zero-order valence-corrected chi connectivity index (χ0v) is 19.9. The van der Waals surface area contributed by atoms with Crippen LogP contribution in [-0.2, 0) is 17.6 Å². The third-order valence-electron chi connectivity index (χ3n) is 5.55. The zero-order chi connectivity index (χ0) is 25.0. The van der Waals surface area contributed by atoms with Gasteiger partial charge in [0.05, 0.1) is 36.9 Å². The van der Waals surface area contributed by atoms with Gasteiger partial charge in [0.2, 0.25) is 0 Å². The molecule has 35 heavy (non-hydrogen) atoms. The van der Waals surface area contributed by atoms with E-state index in [1.165, 1.54) is 23.5 Å². The van der Waals surface area contributed by atoms with E-state index < -0.39 is 17.8 Å². The number of methoxy groups -OCH3 is 2. The molecule has 3 aromatic rings. The molecule has 2 aromatic carbocycles. The molecule has 0 bridgehead atoms. The van der Waals surface area contributed by atoms with Crippen LogP contribution in [0.15, 0.2) is 65.1 Å². The number of hydrogen-bond donors (Lipinski definition) is 0. The van der Waals surface area contributed by atoms with Crippen LogP contribution in [0.25, 0.3) is 0 Å². The number of halogens is 3. The fourth-order valence-corrected chi connectivity index (χ4v) is 4.44. The molecule has 1 aliphatic rings. The maximum Gasteiger partial charge on any atom is 0.416 e. The summed E-state index contributed by atoms with van der Waals surface area (Å²) in [5, 5.41) is 6.00. The lowest BCUT2D eigenvalue weighted by Gasteiger charge is -2.24. The summed E-state index contributed by atoms with van der Waals surface area (Å²) in [6.07, 6.45) is -4.37. The van der Waals surface area contributed by atoms with Gasteiger partial charge in [-0.05, 0) is 47.3 Å². The van der Waals surface area contributed by atoms with Crippen LogP contribution >= 0.6 is 11.3 Å².